The van der Waals surface area contributed by atoms with Gasteiger partial charge < -0.3 is 10.3 Å². The van der Waals surface area contributed by atoms with Crippen LogP contribution >= 0.6 is 0 Å². The van der Waals surface area contributed by atoms with Crippen molar-refractivity contribution in [3.63, 3.8) is 0 Å². The fourth-order valence-corrected chi connectivity index (χ4v) is 2.70. The van der Waals surface area contributed by atoms with Gasteiger partial charge in [-0.15, -0.1) is 0 Å². The number of nitrogens with one attached hydrogen (secondary N) is 1. The van der Waals surface area contributed by atoms with Crippen LogP contribution in [0.25, 0.3) is 0 Å². The molecular weight excluding hydrogens is 258 g/mol. The molecule has 2 rings (SSSR count). The number of para-hydroxylation sites is 1. The van der Waals surface area contributed by atoms with E-state index in [1.54, 1.807) is 18.2 Å². The molecule has 1 unspecified atom stereocenters. The van der Waals surface area contributed by atoms with Gasteiger partial charge in [0.2, 0.25) is 0 Å². The third-order valence-electron chi connectivity index (χ3n) is 3.94. The van der Waals surface area contributed by atoms with Gasteiger partial charge >= 0.3 is 5.69 Å². The molecule has 1 aliphatic rings. The van der Waals surface area contributed by atoms with Gasteiger partial charge in [0, 0.05) is 25.7 Å². The summed E-state index contributed by atoms with van der Waals surface area (Å²) < 4.78 is 0. The predicted molar refractivity (Wildman–Crippen MR) is 79.8 cm³/mol. The van der Waals surface area contributed by atoms with E-state index in [1.165, 1.54) is 0 Å². The molecule has 0 spiro atoms. The fourth-order valence-electron chi connectivity index (χ4n) is 2.70. The number of anilines is 2. The fraction of sp³-hybridized carbons (Fsp3) is 0.538. The number of likely N-dealkylation sites (N-methyl/N-ethyl adjacent to an activating group) is 1. The van der Waals surface area contributed by atoms with Crippen LogP contribution in [-0.2, 0) is 0 Å². The Morgan fingerprint density at radius 3 is 2.85 bits per heavy atom. The first-order valence-corrected chi connectivity index (χ1v) is 6.77. The summed E-state index contributed by atoms with van der Waals surface area (Å²) in [7, 11) is 2.10. The lowest BCUT2D eigenvalue weighted by molar-refractivity contribution is -0.383. The van der Waals surface area contributed by atoms with Crippen LogP contribution in [-0.4, -0.2) is 42.5 Å². The molecule has 20 heavy (non-hydrogen) atoms. The van der Waals surface area contributed by atoms with Gasteiger partial charge in [-0.3, -0.25) is 20.9 Å². The molecule has 0 bridgehead atoms. The van der Waals surface area contributed by atoms with Crippen molar-refractivity contribution in [2.24, 2.45) is 5.84 Å². The molecule has 1 heterocycles. The minimum atomic E-state index is -0.371. The number of benzene rings is 1. The minimum absolute atomic E-state index is 0.0504. The number of nitrogens with zero attached hydrogens (tertiary/aromatic N) is 3. The number of nitro groups is 1. The molecule has 1 aromatic carbocycles. The summed E-state index contributed by atoms with van der Waals surface area (Å²) in [5.41, 5.74) is 3.44. The monoisotopic (exact) mass is 279 g/mol. The van der Waals surface area contributed by atoms with Crippen molar-refractivity contribution in [1.29, 1.82) is 0 Å². The molecule has 1 aromatic rings. The Hall–Kier alpha value is -1.86. The van der Waals surface area contributed by atoms with Crippen LogP contribution in [0, 0.1) is 10.1 Å². The predicted octanol–water partition coefficient (Wildman–Crippen LogP) is 1.41. The smallest absolute Gasteiger partial charge is 0.316 e. The summed E-state index contributed by atoms with van der Waals surface area (Å²) in [6, 6.07) is 5.61. The van der Waals surface area contributed by atoms with Crippen molar-refractivity contribution in [3.05, 3.63) is 28.3 Å². The van der Waals surface area contributed by atoms with Gasteiger partial charge in [0.1, 0.15) is 11.4 Å². The van der Waals surface area contributed by atoms with Gasteiger partial charge in [-0.25, -0.2) is 0 Å². The Labute approximate surface area is 118 Å². The summed E-state index contributed by atoms with van der Waals surface area (Å²) in [5.74, 6) is 5.38. The second kappa shape index (κ2) is 6.06. The molecule has 1 atom stereocenters. The maximum atomic E-state index is 11.3. The SMILES string of the molecule is CCC1CN(c2cccc(NN)c2[N+](=O)[O-])CCN1C. The molecule has 0 amide bonds. The first-order valence-electron chi connectivity index (χ1n) is 6.77. The molecule has 7 nitrogen and oxygen atoms in total. The molecule has 0 saturated carbocycles. The van der Waals surface area contributed by atoms with Crippen molar-refractivity contribution in [3.8, 4) is 0 Å². The number of nitrogens with two attached hydrogens (primary N) is 1. The maximum absolute atomic E-state index is 11.3. The summed E-state index contributed by atoms with van der Waals surface area (Å²) in [6.07, 6.45) is 1.02. The lowest BCUT2D eigenvalue weighted by atomic mass is 10.1. The van der Waals surface area contributed by atoms with E-state index >= 15 is 0 Å². The molecule has 110 valence electrons. The van der Waals surface area contributed by atoms with Crippen molar-refractivity contribution >= 4 is 17.1 Å². The second-order valence-corrected chi connectivity index (χ2v) is 5.06. The van der Waals surface area contributed by atoms with Gasteiger partial charge in [0.15, 0.2) is 0 Å². The van der Waals surface area contributed by atoms with E-state index in [-0.39, 0.29) is 10.6 Å². The van der Waals surface area contributed by atoms with Crippen molar-refractivity contribution in [2.75, 3.05) is 37.0 Å². The Balaban J connectivity index is 2.35. The number of hydrogen-bond acceptors (Lipinski definition) is 6. The van der Waals surface area contributed by atoms with Gasteiger partial charge in [0.05, 0.1) is 4.92 Å². The quantitative estimate of drug-likeness (QED) is 0.492. The van der Waals surface area contributed by atoms with Crippen molar-refractivity contribution in [2.45, 2.75) is 19.4 Å². The normalized spacial score (nSPS) is 19.9. The van der Waals surface area contributed by atoms with Crippen molar-refractivity contribution < 1.29 is 4.92 Å². The van der Waals surface area contributed by atoms with Crippen LogP contribution in [0.1, 0.15) is 13.3 Å². The highest BCUT2D eigenvalue weighted by atomic mass is 16.6. The number of piperazine rings is 1. The molecule has 0 aromatic heterocycles. The van der Waals surface area contributed by atoms with Crippen LogP contribution in [0.5, 0.6) is 0 Å². The van der Waals surface area contributed by atoms with E-state index in [9.17, 15) is 10.1 Å². The van der Waals surface area contributed by atoms with Crippen LogP contribution in [0.4, 0.5) is 17.1 Å². The lowest BCUT2D eigenvalue weighted by Gasteiger charge is -2.40. The highest BCUT2D eigenvalue weighted by Crippen LogP contribution is 2.35. The third kappa shape index (κ3) is 2.68. The highest BCUT2D eigenvalue weighted by molar-refractivity contribution is 5.76. The number of hydrazine groups is 1. The topological polar surface area (TPSA) is 87.7 Å². The van der Waals surface area contributed by atoms with Crippen LogP contribution in [0.2, 0.25) is 0 Å². The number of rotatable bonds is 4. The molecule has 1 saturated heterocycles. The molecular formula is C13H21N5O2. The maximum Gasteiger partial charge on any atom is 0.316 e. The van der Waals surface area contributed by atoms with Gasteiger partial charge in [-0.2, -0.15) is 0 Å². The zero-order chi connectivity index (χ0) is 14.7. The summed E-state index contributed by atoms with van der Waals surface area (Å²) in [4.78, 5) is 15.3. The summed E-state index contributed by atoms with van der Waals surface area (Å²) in [6.45, 7) is 4.61. The first-order chi connectivity index (χ1) is 9.58. The Bertz CT molecular complexity index is 494. The van der Waals surface area contributed by atoms with Gasteiger partial charge in [0.25, 0.3) is 0 Å². The van der Waals surface area contributed by atoms with Gasteiger partial charge in [-0.05, 0) is 25.6 Å². The van der Waals surface area contributed by atoms with Crippen LogP contribution in [0.15, 0.2) is 18.2 Å². The molecule has 0 radical (unpaired) electrons. The summed E-state index contributed by atoms with van der Waals surface area (Å²) in [5, 5.41) is 11.3. The zero-order valence-corrected chi connectivity index (χ0v) is 11.9. The minimum Gasteiger partial charge on any atom is -0.363 e. The van der Waals surface area contributed by atoms with Crippen LogP contribution < -0.4 is 16.2 Å². The van der Waals surface area contributed by atoms with Crippen molar-refractivity contribution in [1.82, 2.24) is 4.90 Å². The van der Waals surface area contributed by atoms with Crippen LogP contribution in [0.3, 0.4) is 0 Å². The number of nitrogen functional groups attached to an aromatic ring is 1. The average molecular weight is 279 g/mol. The van der Waals surface area contributed by atoms with E-state index < -0.39 is 0 Å². The summed E-state index contributed by atoms with van der Waals surface area (Å²) >= 11 is 0. The van der Waals surface area contributed by atoms with E-state index in [0.29, 0.717) is 17.4 Å². The lowest BCUT2D eigenvalue weighted by Crippen LogP contribution is -2.51. The largest absolute Gasteiger partial charge is 0.363 e. The van der Waals surface area contributed by atoms with E-state index in [2.05, 4.69) is 29.2 Å². The molecule has 0 aliphatic carbocycles. The number of nitro benzene ring substituents is 1. The Morgan fingerprint density at radius 1 is 1.50 bits per heavy atom. The third-order valence-corrected chi connectivity index (χ3v) is 3.94. The zero-order valence-electron chi connectivity index (χ0n) is 11.9. The van der Waals surface area contributed by atoms with E-state index in [4.69, 9.17) is 5.84 Å². The van der Waals surface area contributed by atoms with E-state index in [1.807, 2.05) is 0 Å². The molecule has 7 heteroatoms. The standard InChI is InChI=1S/C13H21N5O2/c1-3-10-9-17(8-7-16(10)2)12-6-4-5-11(15-14)13(12)18(19)20/h4-6,10,15H,3,7-9,14H2,1-2H3. The van der Waals surface area contributed by atoms with Gasteiger partial charge in [-0.1, -0.05) is 13.0 Å². The van der Waals surface area contributed by atoms with E-state index in [0.717, 1.165) is 26.1 Å². The Kier molecular flexibility index (Phi) is 4.41. The number of hydrogen-bond donors (Lipinski definition) is 2. The molecule has 3 N–H and O–H groups in total. The molecule has 1 fully saturated rings. The average Bonchev–Trinajstić information content (AvgIpc) is 2.46. The Morgan fingerprint density at radius 2 is 2.25 bits per heavy atom. The first kappa shape index (κ1) is 14.5. The second-order valence-electron chi connectivity index (χ2n) is 5.06. The molecule has 1 aliphatic heterocycles. The highest BCUT2D eigenvalue weighted by Gasteiger charge is 2.29.